The van der Waals surface area contributed by atoms with E-state index in [1.807, 2.05) is 0 Å². The minimum Gasteiger partial charge on any atom is -0.488 e. The molecule has 1 heteroatoms. The fraction of sp³-hybridized carbons (Fsp3) is 0.571. The standard InChI is InChI=1S/C14H20O/c1-10(2)12-9-14(3,4)15-13-8-6-5-7-11(12)13/h5-8,10,12H,9H2,1-4H3/t12-/m0/s1. The molecule has 1 aliphatic heterocycles. The van der Waals surface area contributed by atoms with Crippen LogP contribution in [0.25, 0.3) is 0 Å². The van der Waals surface area contributed by atoms with Gasteiger partial charge in [-0.1, -0.05) is 32.0 Å². The highest BCUT2D eigenvalue weighted by molar-refractivity contribution is 5.39. The molecule has 15 heavy (non-hydrogen) atoms. The first-order valence-electron chi connectivity index (χ1n) is 5.77. The maximum absolute atomic E-state index is 6.00. The second kappa shape index (κ2) is 3.55. The predicted octanol–water partition coefficient (Wildman–Crippen LogP) is 3.99. The van der Waals surface area contributed by atoms with Crippen LogP contribution in [0.15, 0.2) is 24.3 Å². The van der Waals surface area contributed by atoms with Gasteiger partial charge in [0.2, 0.25) is 0 Å². The van der Waals surface area contributed by atoms with Crippen LogP contribution in [0, 0.1) is 5.92 Å². The maximum Gasteiger partial charge on any atom is 0.123 e. The summed E-state index contributed by atoms with van der Waals surface area (Å²) in [7, 11) is 0. The van der Waals surface area contributed by atoms with Crippen LogP contribution >= 0.6 is 0 Å². The lowest BCUT2D eigenvalue weighted by molar-refractivity contribution is 0.0640. The Bertz CT molecular complexity index is 352. The van der Waals surface area contributed by atoms with Gasteiger partial charge in [0.25, 0.3) is 0 Å². The van der Waals surface area contributed by atoms with Crippen molar-refractivity contribution in [1.29, 1.82) is 0 Å². The van der Waals surface area contributed by atoms with Gasteiger partial charge in [0.05, 0.1) is 0 Å². The maximum atomic E-state index is 6.00. The molecule has 1 aromatic rings. The van der Waals surface area contributed by atoms with Crippen LogP contribution in [0.3, 0.4) is 0 Å². The Morgan fingerprint density at radius 2 is 1.93 bits per heavy atom. The summed E-state index contributed by atoms with van der Waals surface area (Å²) in [5.74, 6) is 2.38. The van der Waals surface area contributed by atoms with E-state index in [2.05, 4.69) is 52.0 Å². The lowest BCUT2D eigenvalue weighted by Gasteiger charge is -2.39. The molecule has 0 aliphatic carbocycles. The second-order valence-corrected chi connectivity index (χ2v) is 5.45. The lowest BCUT2D eigenvalue weighted by Crippen LogP contribution is -2.36. The Morgan fingerprint density at radius 3 is 2.60 bits per heavy atom. The molecule has 0 bridgehead atoms. The second-order valence-electron chi connectivity index (χ2n) is 5.45. The summed E-state index contributed by atoms with van der Waals surface area (Å²) in [4.78, 5) is 0. The highest BCUT2D eigenvalue weighted by Crippen LogP contribution is 2.43. The molecule has 0 fully saturated rings. The van der Waals surface area contributed by atoms with E-state index in [9.17, 15) is 0 Å². The summed E-state index contributed by atoms with van der Waals surface area (Å²) in [5.41, 5.74) is 1.36. The van der Waals surface area contributed by atoms with Crippen molar-refractivity contribution in [2.24, 2.45) is 5.92 Å². The molecule has 0 unspecified atom stereocenters. The lowest BCUT2D eigenvalue weighted by atomic mass is 9.78. The molecule has 0 amide bonds. The predicted molar refractivity (Wildman–Crippen MR) is 63.3 cm³/mol. The van der Waals surface area contributed by atoms with Gasteiger partial charge in [0.1, 0.15) is 11.4 Å². The average Bonchev–Trinajstić information content (AvgIpc) is 2.14. The molecule has 0 saturated heterocycles. The van der Waals surface area contributed by atoms with Gasteiger partial charge in [0.15, 0.2) is 0 Å². The third kappa shape index (κ3) is 2.01. The average molecular weight is 204 g/mol. The molecule has 0 aromatic heterocycles. The van der Waals surface area contributed by atoms with Crippen molar-refractivity contribution >= 4 is 0 Å². The van der Waals surface area contributed by atoms with Crippen molar-refractivity contribution in [3.05, 3.63) is 29.8 Å². The Kier molecular flexibility index (Phi) is 2.49. The van der Waals surface area contributed by atoms with Crippen molar-refractivity contribution in [1.82, 2.24) is 0 Å². The van der Waals surface area contributed by atoms with Crippen LogP contribution in [-0.2, 0) is 0 Å². The fourth-order valence-electron chi connectivity index (χ4n) is 2.45. The molecule has 1 heterocycles. The Labute approximate surface area is 92.5 Å². The number of rotatable bonds is 1. The van der Waals surface area contributed by atoms with Crippen LogP contribution in [0.2, 0.25) is 0 Å². The zero-order valence-electron chi connectivity index (χ0n) is 10.1. The summed E-state index contributed by atoms with van der Waals surface area (Å²) in [5, 5.41) is 0. The molecule has 1 aromatic carbocycles. The highest BCUT2D eigenvalue weighted by Gasteiger charge is 2.34. The fourth-order valence-corrected chi connectivity index (χ4v) is 2.45. The van der Waals surface area contributed by atoms with Crippen LogP contribution < -0.4 is 4.74 Å². The van der Waals surface area contributed by atoms with Gasteiger partial charge < -0.3 is 4.74 Å². The number of para-hydroxylation sites is 1. The summed E-state index contributed by atoms with van der Waals surface area (Å²) < 4.78 is 6.00. The zero-order valence-corrected chi connectivity index (χ0v) is 10.1. The van der Waals surface area contributed by atoms with Crippen molar-refractivity contribution in [2.45, 2.75) is 45.6 Å². The van der Waals surface area contributed by atoms with E-state index in [1.165, 1.54) is 5.56 Å². The number of ether oxygens (including phenoxy) is 1. The van der Waals surface area contributed by atoms with Crippen LogP contribution in [-0.4, -0.2) is 5.60 Å². The minimum atomic E-state index is -0.0245. The molecular weight excluding hydrogens is 184 g/mol. The van der Waals surface area contributed by atoms with Crippen LogP contribution in [0.5, 0.6) is 5.75 Å². The molecule has 2 rings (SSSR count). The van der Waals surface area contributed by atoms with E-state index in [0.717, 1.165) is 12.2 Å². The monoisotopic (exact) mass is 204 g/mol. The van der Waals surface area contributed by atoms with Gasteiger partial charge in [-0.2, -0.15) is 0 Å². The number of hydrogen-bond acceptors (Lipinski definition) is 1. The zero-order chi connectivity index (χ0) is 11.1. The topological polar surface area (TPSA) is 9.23 Å². The van der Waals surface area contributed by atoms with Crippen molar-refractivity contribution < 1.29 is 4.74 Å². The quantitative estimate of drug-likeness (QED) is 0.672. The molecule has 0 N–H and O–H groups in total. The first-order valence-corrected chi connectivity index (χ1v) is 5.77. The van der Waals surface area contributed by atoms with Crippen molar-refractivity contribution in [3.8, 4) is 5.75 Å². The molecular formula is C14H20O. The normalized spacial score (nSPS) is 23.4. The Morgan fingerprint density at radius 1 is 1.27 bits per heavy atom. The van der Waals surface area contributed by atoms with E-state index in [4.69, 9.17) is 4.74 Å². The van der Waals surface area contributed by atoms with Crippen LogP contribution in [0.4, 0.5) is 0 Å². The molecule has 0 saturated carbocycles. The molecule has 0 spiro atoms. The minimum absolute atomic E-state index is 0.0245. The smallest absolute Gasteiger partial charge is 0.123 e. The molecule has 82 valence electrons. The number of fused-ring (bicyclic) bond motifs is 1. The first kappa shape index (κ1) is 10.5. The summed E-state index contributed by atoms with van der Waals surface area (Å²) in [6.07, 6.45) is 1.11. The first-order chi connectivity index (χ1) is 6.99. The molecule has 0 radical (unpaired) electrons. The Hall–Kier alpha value is -0.980. The summed E-state index contributed by atoms with van der Waals surface area (Å²) in [6.45, 7) is 8.95. The molecule has 1 nitrogen and oxygen atoms in total. The van der Waals surface area contributed by atoms with Gasteiger partial charge in [-0.15, -0.1) is 0 Å². The van der Waals surface area contributed by atoms with Gasteiger partial charge >= 0.3 is 0 Å². The van der Waals surface area contributed by atoms with Crippen LogP contribution in [0.1, 0.15) is 45.6 Å². The number of benzene rings is 1. The van der Waals surface area contributed by atoms with Gasteiger partial charge in [-0.05, 0) is 43.7 Å². The number of hydrogen-bond donors (Lipinski definition) is 0. The van der Waals surface area contributed by atoms with Crippen molar-refractivity contribution in [2.75, 3.05) is 0 Å². The molecule has 1 aliphatic rings. The van der Waals surface area contributed by atoms with E-state index in [-0.39, 0.29) is 5.60 Å². The van der Waals surface area contributed by atoms with Gasteiger partial charge in [-0.25, -0.2) is 0 Å². The largest absolute Gasteiger partial charge is 0.488 e. The highest BCUT2D eigenvalue weighted by atomic mass is 16.5. The summed E-state index contributed by atoms with van der Waals surface area (Å²) >= 11 is 0. The summed E-state index contributed by atoms with van der Waals surface area (Å²) in [6, 6.07) is 8.45. The Balaban J connectivity index is 2.43. The third-order valence-corrected chi connectivity index (χ3v) is 3.22. The van der Waals surface area contributed by atoms with Crippen molar-refractivity contribution in [3.63, 3.8) is 0 Å². The van der Waals surface area contributed by atoms with E-state index in [0.29, 0.717) is 11.8 Å². The third-order valence-electron chi connectivity index (χ3n) is 3.22. The van der Waals surface area contributed by atoms with E-state index in [1.54, 1.807) is 0 Å². The van der Waals surface area contributed by atoms with E-state index >= 15 is 0 Å². The van der Waals surface area contributed by atoms with E-state index < -0.39 is 0 Å². The van der Waals surface area contributed by atoms with Gasteiger partial charge in [0, 0.05) is 0 Å². The SMILES string of the molecule is CC(C)[C@@H]1CC(C)(C)Oc2ccccc21. The molecule has 1 atom stereocenters. The van der Waals surface area contributed by atoms with Gasteiger partial charge in [-0.3, -0.25) is 0 Å².